The molecule has 6 heteroatoms. The maximum atomic E-state index is 6.56. The van der Waals surface area contributed by atoms with Crippen LogP contribution in [0.2, 0.25) is 0 Å². The molecule has 2 aliphatic rings. The van der Waals surface area contributed by atoms with Crippen molar-refractivity contribution in [3.8, 4) is 0 Å². The number of hydrogen-bond acceptors (Lipinski definition) is 6. The van der Waals surface area contributed by atoms with Crippen molar-refractivity contribution in [1.29, 1.82) is 0 Å². The molecule has 0 radical (unpaired) electrons. The Morgan fingerprint density at radius 1 is 0.750 bits per heavy atom. The standard InChI is InChI=1S/C38H56O6/c1-29(2)21-15-11-9-7-5-6-8-10-12-16-22-30(3)40-27-33(39-4)35-36-34(42-38(44-35)32-25-19-14-20-26-32)28-41-37(43-36)31-23-17-13-18-24-31/h13-14,17-20,23-26,29,33-38H,3,5-12,15-16,21-22,27-28H2,1-2,4H3. The minimum Gasteiger partial charge on any atom is -0.496 e. The Morgan fingerprint density at radius 3 is 1.91 bits per heavy atom. The molecule has 244 valence electrons. The highest BCUT2D eigenvalue weighted by molar-refractivity contribution is 5.18. The molecule has 0 aromatic heterocycles. The molecule has 4 rings (SSSR count). The Bertz CT molecular complexity index is 1040. The number of benzene rings is 2. The van der Waals surface area contributed by atoms with Crippen molar-refractivity contribution in [2.45, 2.75) is 128 Å². The molecule has 44 heavy (non-hydrogen) atoms. The van der Waals surface area contributed by atoms with Gasteiger partial charge in [-0.1, -0.05) is 145 Å². The summed E-state index contributed by atoms with van der Waals surface area (Å²) in [5, 5.41) is 0. The largest absolute Gasteiger partial charge is 0.496 e. The van der Waals surface area contributed by atoms with Crippen LogP contribution in [0, 0.1) is 5.92 Å². The van der Waals surface area contributed by atoms with Crippen molar-refractivity contribution in [3.63, 3.8) is 0 Å². The van der Waals surface area contributed by atoms with Crippen molar-refractivity contribution in [1.82, 2.24) is 0 Å². The fourth-order valence-electron chi connectivity index (χ4n) is 6.07. The first kappa shape index (κ1) is 34.6. The fraction of sp³-hybridized carbons (Fsp3) is 0.632. The van der Waals surface area contributed by atoms with Gasteiger partial charge in [0.15, 0.2) is 12.6 Å². The van der Waals surface area contributed by atoms with Gasteiger partial charge in [0.25, 0.3) is 0 Å². The van der Waals surface area contributed by atoms with Crippen LogP contribution < -0.4 is 0 Å². The lowest BCUT2D eigenvalue weighted by atomic mass is 9.99. The average molecular weight is 609 g/mol. The SMILES string of the molecule is C=C(CCCCCCCCCCCCC(C)C)OCC(OC)C1OC(c2ccccc2)OC2COC(c3ccccc3)OC21. The molecule has 0 bridgehead atoms. The van der Waals surface area contributed by atoms with E-state index in [1.165, 1.54) is 64.2 Å². The monoisotopic (exact) mass is 608 g/mol. The van der Waals surface area contributed by atoms with E-state index < -0.39 is 18.7 Å². The summed E-state index contributed by atoms with van der Waals surface area (Å²) in [4.78, 5) is 0. The summed E-state index contributed by atoms with van der Waals surface area (Å²) >= 11 is 0. The van der Waals surface area contributed by atoms with Gasteiger partial charge in [-0.25, -0.2) is 0 Å². The molecule has 2 saturated heterocycles. The van der Waals surface area contributed by atoms with Gasteiger partial charge in [0.05, 0.1) is 12.4 Å². The molecule has 2 heterocycles. The van der Waals surface area contributed by atoms with Crippen molar-refractivity contribution < 1.29 is 28.4 Å². The third-order valence-corrected chi connectivity index (χ3v) is 8.71. The molecule has 6 nitrogen and oxygen atoms in total. The quantitative estimate of drug-likeness (QED) is 0.110. The van der Waals surface area contributed by atoms with Gasteiger partial charge in [0.1, 0.15) is 31.0 Å². The molecule has 0 N–H and O–H groups in total. The predicted molar refractivity (Wildman–Crippen MR) is 175 cm³/mol. The topological polar surface area (TPSA) is 55.4 Å². The van der Waals surface area contributed by atoms with Gasteiger partial charge in [-0.3, -0.25) is 0 Å². The molecule has 0 aliphatic carbocycles. The van der Waals surface area contributed by atoms with Crippen LogP contribution in [0.15, 0.2) is 73.0 Å². The van der Waals surface area contributed by atoms with Crippen LogP contribution in [0.4, 0.5) is 0 Å². The zero-order valence-corrected chi connectivity index (χ0v) is 27.4. The van der Waals surface area contributed by atoms with Crippen LogP contribution in [0.25, 0.3) is 0 Å². The molecule has 0 amide bonds. The van der Waals surface area contributed by atoms with Crippen molar-refractivity contribution in [2.75, 3.05) is 20.3 Å². The zero-order chi connectivity index (χ0) is 31.0. The summed E-state index contributed by atoms with van der Waals surface area (Å²) in [5.41, 5.74) is 1.91. The van der Waals surface area contributed by atoms with Crippen molar-refractivity contribution in [3.05, 3.63) is 84.1 Å². The van der Waals surface area contributed by atoms with Crippen LogP contribution in [0.1, 0.15) is 115 Å². The highest BCUT2D eigenvalue weighted by Gasteiger charge is 2.48. The van der Waals surface area contributed by atoms with E-state index in [0.717, 1.165) is 35.6 Å². The Kier molecular flexibility index (Phi) is 15.2. The molecule has 0 spiro atoms. The smallest absolute Gasteiger partial charge is 0.184 e. The van der Waals surface area contributed by atoms with Gasteiger partial charge >= 0.3 is 0 Å². The Labute approximate surface area is 266 Å². The van der Waals surface area contributed by atoms with E-state index in [-0.39, 0.29) is 18.3 Å². The number of methoxy groups -OCH3 is 1. The fourth-order valence-corrected chi connectivity index (χ4v) is 6.07. The average Bonchev–Trinajstić information content (AvgIpc) is 3.05. The Hall–Kier alpha value is -2.22. The lowest BCUT2D eigenvalue weighted by Gasteiger charge is -2.47. The van der Waals surface area contributed by atoms with E-state index in [1.54, 1.807) is 7.11 Å². The number of ether oxygens (including phenoxy) is 6. The molecule has 6 unspecified atom stereocenters. The highest BCUT2D eigenvalue weighted by atomic mass is 16.8. The van der Waals surface area contributed by atoms with Crippen LogP contribution >= 0.6 is 0 Å². The second kappa shape index (κ2) is 19.3. The Morgan fingerprint density at radius 2 is 1.32 bits per heavy atom. The first-order chi connectivity index (χ1) is 21.5. The van der Waals surface area contributed by atoms with E-state index in [2.05, 4.69) is 20.4 Å². The van der Waals surface area contributed by atoms with E-state index in [1.807, 2.05) is 60.7 Å². The molecule has 0 saturated carbocycles. The third kappa shape index (κ3) is 11.3. The molecule has 2 aliphatic heterocycles. The predicted octanol–water partition coefficient (Wildman–Crippen LogP) is 9.47. The maximum Gasteiger partial charge on any atom is 0.184 e. The van der Waals surface area contributed by atoms with Gasteiger partial charge in [-0.2, -0.15) is 0 Å². The minimum absolute atomic E-state index is 0.301. The van der Waals surface area contributed by atoms with E-state index >= 15 is 0 Å². The number of rotatable bonds is 20. The zero-order valence-electron chi connectivity index (χ0n) is 27.4. The van der Waals surface area contributed by atoms with Gasteiger partial charge in [0.2, 0.25) is 0 Å². The molecule has 2 aromatic rings. The Balaban J connectivity index is 1.21. The summed E-state index contributed by atoms with van der Waals surface area (Å²) in [6, 6.07) is 19.9. The highest BCUT2D eigenvalue weighted by Crippen LogP contribution is 2.39. The van der Waals surface area contributed by atoms with E-state index in [0.29, 0.717) is 13.2 Å². The van der Waals surface area contributed by atoms with Crippen molar-refractivity contribution >= 4 is 0 Å². The summed E-state index contributed by atoms with van der Waals surface area (Å²) in [6.07, 6.45) is 12.9. The number of fused-ring (bicyclic) bond motifs is 1. The van der Waals surface area contributed by atoms with Gasteiger partial charge in [-0.05, 0) is 12.3 Å². The summed E-state index contributed by atoms with van der Waals surface area (Å²) in [7, 11) is 1.70. The molecule has 2 fully saturated rings. The van der Waals surface area contributed by atoms with Gasteiger partial charge in [-0.15, -0.1) is 0 Å². The number of allylic oxidation sites excluding steroid dienone is 1. The summed E-state index contributed by atoms with van der Waals surface area (Å²) in [5.74, 6) is 1.64. The number of hydrogen-bond donors (Lipinski definition) is 0. The molecular weight excluding hydrogens is 552 g/mol. The summed E-state index contributed by atoms with van der Waals surface area (Å²) < 4.78 is 37.6. The van der Waals surface area contributed by atoms with Crippen LogP contribution in [-0.4, -0.2) is 44.7 Å². The summed E-state index contributed by atoms with van der Waals surface area (Å²) in [6.45, 7) is 9.57. The van der Waals surface area contributed by atoms with E-state index in [9.17, 15) is 0 Å². The first-order valence-electron chi connectivity index (χ1n) is 17.1. The second-order valence-corrected chi connectivity index (χ2v) is 12.8. The minimum atomic E-state index is -0.548. The van der Waals surface area contributed by atoms with Crippen molar-refractivity contribution in [2.24, 2.45) is 5.92 Å². The van der Waals surface area contributed by atoms with Crippen LogP contribution in [0.3, 0.4) is 0 Å². The van der Waals surface area contributed by atoms with Crippen LogP contribution in [-0.2, 0) is 28.4 Å². The van der Waals surface area contributed by atoms with Gasteiger partial charge < -0.3 is 28.4 Å². The normalized spacial score (nSPS) is 24.1. The van der Waals surface area contributed by atoms with Crippen LogP contribution in [0.5, 0.6) is 0 Å². The second-order valence-electron chi connectivity index (χ2n) is 12.8. The molecule has 2 aromatic carbocycles. The lowest BCUT2D eigenvalue weighted by Crippen LogP contribution is -2.58. The first-order valence-corrected chi connectivity index (χ1v) is 17.1. The molecular formula is C38H56O6. The third-order valence-electron chi connectivity index (χ3n) is 8.71. The lowest BCUT2D eigenvalue weighted by molar-refractivity contribution is -0.374. The molecule has 6 atom stereocenters. The number of unbranched alkanes of at least 4 members (excludes halogenated alkanes) is 9. The van der Waals surface area contributed by atoms with E-state index in [4.69, 9.17) is 28.4 Å². The van der Waals surface area contributed by atoms with Gasteiger partial charge in [0, 0.05) is 24.7 Å². The maximum absolute atomic E-state index is 6.56.